The first kappa shape index (κ1) is 14.8. The lowest BCUT2D eigenvalue weighted by Crippen LogP contribution is -2.49. The molecule has 2 unspecified atom stereocenters. The Bertz CT molecular complexity index is 238. The van der Waals surface area contributed by atoms with E-state index in [2.05, 4.69) is 32.7 Å². The maximum Gasteiger partial charge on any atom is 0.0829 e. The number of likely N-dealkylation sites (tertiary alicyclic amines) is 1. The minimum absolute atomic E-state index is 0.432. The predicted octanol–water partition coefficient (Wildman–Crippen LogP) is 2.20. The van der Waals surface area contributed by atoms with Crippen LogP contribution in [0.4, 0.5) is 0 Å². The minimum Gasteiger partial charge on any atom is -0.374 e. The van der Waals surface area contributed by atoms with Gasteiger partial charge >= 0.3 is 0 Å². The molecule has 0 amide bonds. The molecular weight excluding hydrogens is 292 g/mol. The predicted molar refractivity (Wildman–Crippen MR) is 79.4 cm³/mol. The Morgan fingerprint density at radius 2 is 2.11 bits per heavy atom. The van der Waals surface area contributed by atoms with Crippen LogP contribution in [0.1, 0.15) is 26.2 Å². The molecule has 0 radical (unpaired) electrons. The van der Waals surface area contributed by atoms with E-state index in [4.69, 9.17) is 4.74 Å². The van der Waals surface area contributed by atoms with Crippen molar-refractivity contribution < 1.29 is 4.74 Å². The summed E-state index contributed by atoms with van der Waals surface area (Å²) in [6.07, 6.45) is 4.53. The quantitative estimate of drug-likeness (QED) is 0.723. The molecule has 2 aliphatic rings. The SMILES string of the molecule is CCN1CCOC(CN2CCCC(CCBr)C2)C1. The van der Waals surface area contributed by atoms with E-state index >= 15 is 0 Å². The highest BCUT2D eigenvalue weighted by molar-refractivity contribution is 9.09. The smallest absolute Gasteiger partial charge is 0.0829 e. The van der Waals surface area contributed by atoms with Crippen LogP contribution in [-0.4, -0.2) is 67.1 Å². The molecule has 0 saturated carbocycles. The number of piperidine rings is 1. The van der Waals surface area contributed by atoms with E-state index in [1.54, 1.807) is 0 Å². The van der Waals surface area contributed by atoms with Crippen LogP contribution in [0.25, 0.3) is 0 Å². The van der Waals surface area contributed by atoms with E-state index in [-0.39, 0.29) is 0 Å². The molecule has 2 saturated heterocycles. The first-order chi connectivity index (χ1) is 8.81. The van der Waals surface area contributed by atoms with Crippen molar-refractivity contribution in [3.8, 4) is 0 Å². The van der Waals surface area contributed by atoms with Crippen LogP contribution in [0.3, 0.4) is 0 Å². The molecule has 0 bridgehead atoms. The molecular formula is C14H27BrN2O. The van der Waals surface area contributed by atoms with E-state index in [9.17, 15) is 0 Å². The van der Waals surface area contributed by atoms with Crippen molar-refractivity contribution in [2.75, 3.05) is 51.2 Å². The molecule has 4 heteroatoms. The van der Waals surface area contributed by atoms with Gasteiger partial charge < -0.3 is 9.64 Å². The normalized spacial score (nSPS) is 31.7. The first-order valence-electron chi connectivity index (χ1n) is 7.44. The zero-order valence-corrected chi connectivity index (χ0v) is 13.2. The topological polar surface area (TPSA) is 15.7 Å². The third-order valence-electron chi connectivity index (χ3n) is 4.25. The summed E-state index contributed by atoms with van der Waals surface area (Å²) in [4.78, 5) is 5.13. The highest BCUT2D eigenvalue weighted by Gasteiger charge is 2.25. The van der Waals surface area contributed by atoms with Gasteiger partial charge in [-0.25, -0.2) is 0 Å². The fourth-order valence-electron chi connectivity index (χ4n) is 3.17. The van der Waals surface area contributed by atoms with Gasteiger partial charge in [-0.3, -0.25) is 4.90 Å². The Balaban J connectivity index is 1.74. The summed E-state index contributed by atoms with van der Waals surface area (Å²) in [5.74, 6) is 0.893. The lowest BCUT2D eigenvalue weighted by atomic mass is 9.95. The second-order valence-electron chi connectivity index (χ2n) is 5.63. The summed E-state index contributed by atoms with van der Waals surface area (Å²) >= 11 is 3.57. The molecule has 2 atom stereocenters. The van der Waals surface area contributed by atoms with Gasteiger partial charge in [0.05, 0.1) is 12.7 Å². The van der Waals surface area contributed by atoms with Gasteiger partial charge in [0, 0.05) is 31.5 Å². The maximum atomic E-state index is 5.92. The molecule has 0 aromatic rings. The molecule has 2 rings (SSSR count). The highest BCUT2D eigenvalue weighted by Crippen LogP contribution is 2.21. The van der Waals surface area contributed by atoms with E-state index in [0.29, 0.717) is 6.10 Å². The Kier molecular flexibility index (Phi) is 6.42. The number of hydrogen-bond acceptors (Lipinski definition) is 3. The van der Waals surface area contributed by atoms with Gasteiger partial charge in [0.1, 0.15) is 0 Å². The van der Waals surface area contributed by atoms with Crippen molar-refractivity contribution in [2.24, 2.45) is 5.92 Å². The maximum absolute atomic E-state index is 5.92. The Morgan fingerprint density at radius 1 is 1.22 bits per heavy atom. The molecule has 106 valence electrons. The van der Waals surface area contributed by atoms with Gasteiger partial charge in [-0.1, -0.05) is 22.9 Å². The lowest BCUT2D eigenvalue weighted by Gasteiger charge is -2.38. The van der Waals surface area contributed by atoms with E-state index < -0.39 is 0 Å². The van der Waals surface area contributed by atoms with E-state index in [1.165, 1.54) is 32.4 Å². The lowest BCUT2D eigenvalue weighted by molar-refractivity contribution is -0.0462. The third kappa shape index (κ3) is 4.48. The van der Waals surface area contributed by atoms with Crippen LogP contribution in [0.2, 0.25) is 0 Å². The highest BCUT2D eigenvalue weighted by atomic mass is 79.9. The molecule has 0 aromatic carbocycles. The number of morpholine rings is 1. The zero-order valence-electron chi connectivity index (χ0n) is 11.6. The Hall–Kier alpha value is 0.360. The third-order valence-corrected chi connectivity index (χ3v) is 4.71. The van der Waals surface area contributed by atoms with Crippen molar-refractivity contribution in [1.29, 1.82) is 0 Å². The van der Waals surface area contributed by atoms with Gasteiger partial charge in [-0.15, -0.1) is 0 Å². The van der Waals surface area contributed by atoms with Gasteiger partial charge in [0.2, 0.25) is 0 Å². The minimum atomic E-state index is 0.432. The van der Waals surface area contributed by atoms with Crippen LogP contribution in [0.15, 0.2) is 0 Å². The molecule has 0 aliphatic carbocycles. The van der Waals surface area contributed by atoms with E-state index in [1.807, 2.05) is 0 Å². The number of halogens is 1. The number of nitrogens with zero attached hydrogens (tertiary/aromatic N) is 2. The average Bonchev–Trinajstić information content (AvgIpc) is 2.40. The number of hydrogen-bond donors (Lipinski definition) is 0. The second-order valence-corrected chi connectivity index (χ2v) is 6.42. The number of rotatable bonds is 5. The van der Waals surface area contributed by atoms with Crippen LogP contribution >= 0.6 is 15.9 Å². The summed E-state index contributed by atoms with van der Waals surface area (Å²) in [5.41, 5.74) is 0. The number of ether oxygens (including phenoxy) is 1. The summed E-state index contributed by atoms with van der Waals surface area (Å²) in [6.45, 7) is 10.2. The summed E-state index contributed by atoms with van der Waals surface area (Å²) in [5, 5.41) is 1.15. The summed E-state index contributed by atoms with van der Waals surface area (Å²) in [6, 6.07) is 0. The van der Waals surface area contributed by atoms with Gasteiger partial charge in [0.25, 0.3) is 0 Å². The van der Waals surface area contributed by atoms with Gasteiger partial charge in [0.15, 0.2) is 0 Å². The molecule has 0 spiro atoms. The molecule has 2 heterocycles. The molecule has 2 aliphatic heterocycles. The van der Waals surface area contributed by atoms with Crippen molar-refractivity contribution in [2.45, 2.75) is 32.3 Å². The molecule has 0 N–H and O–H groups in total. The molecule has 3 nitrogen and oxygen atoms in total. The van der Waals surface area contributed by atoms with Crippen molar-refractivity contribution >= 4 is 15.9 Å². The average molecular weight is 319 g/mol. The molecule has 2 fully saturated rings. The fraction of sp³-hybridized carbons (Fsp3) is 1.00. The van der Waals surface area contributed by atoms with Crippen molar-refractivity contribution in [3.05, 3.63) is 0 Å². The van der Waals surface area contributed by atoms with E-state index in [0.717, 1.165) is 44.0 Å². The number of alkyl halides is 1. The largest absolute Gasteiger partial charge is 0.374 e. The van der Waals surface area contributed by atoms with Crippen LogP contribution in [0.5, 0.6) is 0 Å². The van der Waals surface area contributed by atoms with Crippen molar-refractivity contribution in [1.82, 2.24) is 9.80 Å². The van der Waals surface area contributed by atoms with Gasteiger partial charge in [-0.05, 0) is 38.3 Å². The van der Waals surface area contributed by atoms with Crippen LogP contribution < -0.4 is 0 Å². The summed E-state index contributed by atoms with van der Waals surface area (Å²) < 4.78 is 5.92. The Labute approximate surface area is 120 Å². The molecule has 18 heavy (non-hydrogen) atoms. The monoisotopic (exact) mass is 318 g/mol. The zero-order chi connectivity index (χ0) is 12.8. The fourth-order valence-corrected chi connectivity index (χ4v) is 3.82. The second kappa shape index (κ2) is 7.83. The molecule has 0 aromatic heterocycles. The number of likely N-dealkylation sites (N-methyl/N-ethyl adjacent to an activating group) is 1. The van der Waals surface area contributed by atoms with Gasteiger partial charge in [-0.2, -0.15) is 0 Å². The van der Waals surface area contributed by atoms with Crippen molar-refractivity contribution in [3.63, 3.8) is 0 Å². The summed E-state index contributed by atoms with van der Waals surface area (Å²) in [7, 11) is 0. The standard InChI is InChI=1S/C14H27BrN2O/c1-2-16-8-9-18-14(11-16)12-17-7-3-4-13(10-17)5-6-15/h13-14H,2-12H2,1H3. The first-order valence-corrected chi connectivity index (χ1v) is 8.56. The van der Waals surface area contributed by atoms with Crippen LogP contribution in [-0.2, 0) is 4.74 Å². The Morgan fingerprint density at radius 3 is 2.89 bits per heavy atom. The van der Waals surface area contributed by atoms with Crippen LogP contribution in [0, 0.1) is 5.92 Å².